The molecular formula is C17H15ClFNO2. The summed E-state index contributed by atoms with van der Waals surface area (Å²) in [6.45, 7) is 0. The zero-order chi connectivity index (χ0) is 15.9. The van der Waals surface area contributed by atoms with E-state index in [-0.39, 0.29) is 28.8 Å². The molecule has 0 atom stereocenters. The van der Waals surface area contributed by atoms with Crippen molar-refractivity contribution in [3.63, 3.8) is 0 Å². The Morgan fingerprint density at radius 1 is 1.27 bits per heavy atom. The van der Waals surface area contributed by atoms with E-state index in [1.165, 1.54) is 6.07 Å². The Balaban J connectivity index is 1.86. The Hall–Kier alpha value is -2.33. The maximum absolute atomic E-state index is 13.6. The van der Waals surface area contributed by atoms with Crippen LogP contribution >= 0.6 is 11.6 Å². The lowest BCUT2D eigenvalue weighted by molar-refractivity contribution is -0.116. The van der Waals surface area contributed by atoms with E-state index in [1.54, 1.807) is 0 Å². The summed E-state index contributed by atoms with van der Waals surface area (Å²) in [6.07, 6.45) is 4.57. The summed E-state index contributed by atoms with van der Waals surface area (Å²) < 4.78 is 13.6. The third-order valence-corrected chi connectivity index (χ3v) is 3.26. The zero-order valence-corrected chi connectivity index (χ0v) is 12.5. The number of phenolic OH excluding ortho intramolecular Hbond substituents is 1. The second-order valence-corrected chi connectivity index (χ2v) is 5.09. The number of nitrogens with one attached hydrogen (secondary N) is 1. The van der Waals surface area contributed by atoms with Gasteiger partial charge in [0.2, 0.25) is 5.91 Å². The lowest BCUT2D eigenvalue weighted by Gasteiger charge is -2.07. The Kier molecular flexibility index (Phi) is 5.55. The van der Waals surface area contributed by atoms with Gasteiger partial charge in [-0.05, 0) is 18.1 Å². The molecule has 0 bridgehead atoms. The van der Waals surface area contributed by atoms with Crippen molar-refractivity contribution in [1.82, 2.24) is 0 Å². The monoisotopic (exact) mass is 319 g/mol. The summed E-state index contributed by atoms with van der Waals surface area (Å²) >= 11 is 5.68. The van der Waals surface area contributed by atoms with Gasteiger partial charge in [-0.15, -0.1) is 0 Å². The molecule has 0 aliphatic rings. The number of halogens is 2. The first kappa shape index (κ1) is 16.0. The minimum Gasteiger partial charge on any atom is -0.506 e. The molecule has 2 aromatic carbocycles. The molecular weight excluding hydrogens is 305 g/mol. The average Bonchev–Trinajstić information content (AvgIpc) is 2.50. The van der Waals surface area contributed by atoms with E-state index < -0.39 is 5.82 Å². The van der Waals surface area contributed by atoms with Crippen molar-refractivity contribution in [1.29, 1.82) is 0 Å². The molecule has 0 aliphatic heterocycles. The maximum atomic E-state index is 13.6. The Labute approximate surface area is 133 Å². The van der Waals surface area contributed by atoms with Crippen LogP contribution in [0.25, 0.3) is 6.08 Å². The highest BCUT2D eigenvalue weighted by Crippen LogP contribution is 2.29. The molecule has 0 saturated heterocycles. The molecule has 2 N–H and O–H groups in total. The fraction of sp³-hybridized carbons (Fsp3) is 0.118. The SMILES string of the molecule is O=C(CC/C=C/c1ccccc1)Nc1cc(Cl)c(O)cc1F. The number of hydrogen-bond donors (Lipinski definition) is 2. The highest BCUT2D eigenvalue weighted by atomic mass is 35.5. The third kappa shape index (κ3) is 4.60. The van der Waals surface area contributed by atoms with Crippen LogP contribution in [0.15, 0.2) is 48.5 Å². The number of amides is 1. The molecule has 0 radical (unpaired) electrons. The van der Waals surface area contributed by atoms with E-state index in [1.807, 2.05) is 42.5 Å². The highest BCUT2D eigenvalue weighted by molar-refractivity contribution is 6.32. The molecule has 0 aromatic heterocycles. The van der Waals surface area contributed by atoms with Gasteiger partial charge in [0.15, 0.2) is 0 Å². The lowest BCUT2D eigenvalue weighted by Crippen LogP contribution is -2.11. The summed E-state index contributed by atoms with van der Waals surface area (Å²) in [5.41, 5.74) is 1.01. The molecule has 22 heavy (non-hydrogen) atoms. The number of aromatic hydroxyl groups is 1. The van der Waals surface area contributed by atoms with Crippen LogP contribution in [0.4, 0.5) is 10.1 Å². The Morgan fingerprint density at radius 2 is 2.00 bits per heavy atom. The number of anilines is 1. The predicted molar refractivity (Wildman–Crippen MR) is 86.4 cm³/mol. The van der Waals surface area contributed by atoms with Crippen LogP contribution < -0.4 is 5.32 Å². The van der Waals surface area contributed by atoms with E-state index in [0.717, 1.165) is 11.6 Å². The smallest absolute Gasteiger partial charge is 0.224 e. The summed E-state index contributed by atoms with van der Waals surface area (Å²) in [6, 6.07) is 11.8. The summed E-state index contributed by atoms with van der Waals surface area (Å²) in [7, 11) is 0. The number of carbonyl (C=O) groups is 1. The molecule has 2 rings (SSSR count). The van der Waals surface area contributed by atoms with Crippen LogP contribution in [0.3, 0.4) is 0 Å². The molecule has 5 heteroatoms. The number of benzene rings is 2. The van der Waals surface area contributed by atoms with Crippen LogP contribution in [0, 0.1) is 5.82 Å². The van der Waals surface area contributed by atoms with Gasteiger partial charge in [0.1, 0.15) is 11.6 Å². The first-order valence-electron chi connectivity index (χ1n) is 6.75. The van der Waals surface area contributed by atoms with Crippen molar-refractivity contribution >= 4 is 29.3 Å². The topological polar surface area (TPSA) is 49.3 Å². The van der Waals surface area contributed by atoms with Gasteiger partial charge in [0, 0.05) is 12.5 Å². The second-order valence-electron chi connectivity index (χ2n) is 4.68. The summed E-state index contributed by atoms with van der Waals surface area (Å²) in [4.78, 5) is 11.8. The second kappa shape index (κ2) is 7.61. The quantitative estimate of drug-likeness (QED) is 0.790. The fourth-order valence-electron chi connectivity index (χ4n) is 1.84. The van der Waals surface area contributed by atoms with E-state index in [0.29, 0.717) is 6.42 Å². The predicted octanol–water partition coefficient (Wildman–Crippen LogP) is 4.62. The molecule has 114 valence electrons. The minimum absolute atomic E-state index is 0.0133. The molecule has 1 amide bonds. The van der Waals surface area contributed by atoms with Gasteiger partial charge in [0.05, 0.1) is 10.7 Å². The number of hydrogen-bond acceptors (Lipinski definition) is 2. The van der Waals surface area contributed by atoms with Crippen molar-refractivity contribution < 1.29 is 14.3 Å². The van der Waals surface area contributed by atoms with E-state index in [2.05, 4.69) is 5.32 Å². The number of phenols is 1. The standard InChI is InChI=1S/C17H15ClFNO2/c18-13-10-15(14(19)11-16(13)21)20-17(22)9-5-4-8-12-6-2-1-3-7-12/h1-4,6-8,10-11,21H,5,9H2,(H,20,22)/b8-4+. The average molecular weight is 320 g/mol. The van der Waals surface area contributed by atoms with Gasteiger partial charge in [-0.25, -0.2) is 4.39 Å². The first-order chi connectivity index (χ1) is 10.6. The maximum Gasteiger partial charge on any atom is 0.224 e. The first-order valence-corrected chi connectivity index (χ1v) is 7.13. The highest BCUT2D eigenvalue weighted by Gasteiger charge is 2.10. The van der Waals surface area contributed by atoms with E-state index in [4.69, 9.17) is 11.6 Å². The summed E-state index contributed by atoms with van der Waals surface area (Å²) in [5.74, 6) is -1.41. The number of rotatable bonds is 5. The molecule has 0 fully saturated rings. The summed E-state index contributed by atoms with van der Waals surface area (Å²) in [5, 5.41) is 11.7. The van der Waals surface area contributed by atoms with Crippen LogP contribution in [-0.4, -0.2) is 11.0 Å². The molecule has 2 aromatic rings. The minimum atomic E-state index is -0.727. The van der Waals surface area contributed by atoms with Crippen molar-refractivity contribution in [2.24, 2.45) is 0 Å². The van der Waals surface area contributed by atoms with E-state index in [9.17, 15) is 14.3 Å². The molecule has 3 nitrogen and oxygen atoms in total. The van der Waals surface area contributed by atoms with Crippen LogP contribution in [0.2, 0.25) is 5.02 Å². The molecule has 0 unspecified atom stereocenters. The van der Waals surface area contributed by atoms with Gasteiger partial charge in [0.25, 0.3) is 0 Å². The van der Waals surface area contributed by atoms with Crippen LogP contribution in [0.1, 0.15) is 18.4 Å². The fourth-order valence-corrected chi connectivity index (χ4v) is 2.01. The molecule has 0 spiro atoms. The van der Waals surface area contributed by atoms with Gasteiger partial charge < -0.3 is 10.4 Å². The van der Waals surface area contributed by atoms with Crippen LogP contribution in [0.5, 0.6) is 5.75 Å². The zero-order valence-electron chi connectivity index (χ0n) is 11.7. The largest absolute Gasteiger partial charge is 0.506 e. The Morgan fingerprint density at radius 3 is 2.73 bits per heavy atom. The van der Waals surface area contributed by atoms with Crippen molar-refractivity contribution in [2.45, 2.75) is 12.8 Å². The normalized spacial score (nSPS) is 10.8. The van der Waals surface area contributed by atoms with Gasteiger partial charge in [-0.2, -0.15) is 0 Å². The number of allylic oxidation sites excluding steroid dienone is 1. The van der Waals surface area contributed by atoms with E-state index >= 15 is 0 Å². The third-order valence-electron chi connectivity index (χ3n) is 2.96. The van der Waals surface area contributed by atoms with Crippen LogP contribution in [-0.2, 0) is 4.79 Å². The Bertz CT molecular complexity index is 687. The molecule has 0 aliphatic carbocycles. The lowest BCUT2D eigenvalue weighted by atomic mass is 10.2. The molecule has 0 saturated carbocycles. The molecule has 0 heterocycles. The van der Waals surface area contributed by atoms with Gasteiger partial charge in [-0.1, -0.05) is 54.1 Å². The van der Waals surface area contributed by atoms with Gasteiger partial charge >= 0.3 is 0 Å². The van der Waals surface area contributed by atoms with Crippen molar-refractivity contribution in [2.75, 3.05) is 5.32 Å². The van der Waals surface area contributed by atoms with Crippen molar-refractivity contribution in [3.8, 4) is 5.75 Å². The van der Waals surface area contributed by atoms with Crippen molar-refractivity contribution in [3.05, 3.63) is 64.9 Å². The number of carbonyl (C=O) groups excluding carboxylic acids is 1. The van der Waals surface area contributed by atoms with Gasteiger partial charge in [-0.3, -0.25) is 4.79 Å².